The average molecular weight is 297 g/mol. The Morgan fingerprint density at radius 2 is 1.95 bits per heavy atom. The van der Waals surface area contributed by atoms with Crippen molar-refractivity contribution in [1.82, 2.24) is 5.32 Å². The summed E-state index contributed by atoms with van der Waals surface area (Å²) in [4.78, 5) is 0. The molecule has 0 aromatic rings. The molecule has 0 aromatic heterocycles. The van der Waals surface area contributed by atoms with Gasteiger partial charge in [-0.25, -0.2) is 0 Å². The van der Waals surface area contributed by atoms with Gasteiger partial charge in [-0.3, -0.25) is 0 Å². The van der Waals surface area contributed by atoms with E-state index in [2.05, 4.69) is 33.0 Å². The van der Waals surface area contributed by atoms with Gasteiger partial charge in [-0.15, -0.1) is 0 Å². The van der Waals surface area contributed by atoms with E-state index in [0.29, 0.717) is 17.6 Å². The molecular weight excluding hydrogens is 262 g/mol. The van der Waals surface area contributed by atoms with Crippen molar-refractivity contribution in [3.05, 3.63) is 0 Å². The van der Waals surface area contributed by atoms with Gasteiger partial charge in [0.2, 0.25) is 0 Å². The monoisotopic (exact) mass is 297 g/mol. The van der Waals surface area contributed by atoms with E-state index in [1.807, 2.05) is 0 Å². The zero-order valence-electron chi connectivity index (χ0n) is 14.5. The highest BCUT2D eigenvalue weighted by Gasteiger charge is 2.38. The van der Waals surface area contributed by atoms with Crippen LogP contribution in [0.25, 0.3) is 0 Å². The molecule has 0 radical (unpaired) electrons. The maximum Gasteiger partial charge on any atom is 0.0614 e. The van der Waals surface area contributed by atoms with Gasteiger partial charge < -0.3 is 15.2 Å². The predicted molar refractivity (Wildman–Crippen MR) is 87.4 cm³/mol. The summed E-state index contributed by atoms with van der Waals surface area (Å²) in [5, 5.41) is 13.3. The normalized spacial score (nSPS) is 40.1. The Hall–Kier alpha value is -0.120. The van der Waals surface area contributed by atoms with Crippen LogP contribution in [0.4, 0.5) is 0 Å². The highest BCUT2D eigenvalue weighted by atomic mass is 16.5. The van der Waals surface area contributed by atoms with Crippen molar-refractivity contribution in [2.24, 2.45) is 11.3 Å². The quantitative estimate of drug-likeness (QED) is 0.816. The number of nitrogens with one attached hydrogen (secondary N) is 1. The van der Waals surface area contributed by atoms with Crippen LogP contribution < -0.4 is 5.32 Å². The lowest BCUT2D eigenvalue weighted by molar-refractivity contribution is -0.0926. The van der Waals surface area contributed by atoms with Gasteiger partial charge in [-0.05, 0) is 62.8 Å². The molecule has 2 saturated carbocycles. The molecule has 2 rings (SSSR count). The molecule has 2 aliphatic carbocycles. The number of hydrogen-bond donors (Lipinski definition) is 2. The maximum atomic E-state index is 9.80. The third kappa shape index (κ3) is 4.67. The van der Waals surface area contributed by atoms with Crippen molar-refractivity contribution < 1.29 is 9.84 Å². The molecule has 0 aromatic carbocycles. The Labute approximate surface area is 130 Å². The summed E-state index contributed by atoms with van der Waals surface area (Å²) in [6, 6.07) is 0. The second kappa shape index (κ2) is 6.97. The molecule has 0 spiro atoms. The second-order valence-corrected chi connectivity index (χ2v) is 8.36. The van der Waals surface area contributed by atoms with E-state index in [-0.39, 0.29) is 12.1 Å². The lowest BCUT2D eigenvalue weighted by Crippen LogP contribution is -2.53. The van der Waals surface area contributed by atoms with Gasteiger partial charge in [0.05, 0.1) is 18.8 Å². The smallest absolute Gasteiger partial charge is 0.0614 e. The minimum Gasteiger partial charge on any atom is -0.394 e. The number of ether oxygens (including phenoxy) is 1. The number of rotatable bonds is 5. The minimum atomic E-state index is -0.104. The van der Waals surface area contributed by atoms with E-state index in [0.717, 1.165) is 38.1 Å². The van der Waals surface area contributed by atoms with Gasteiger partial charge in [0, 0.05) is 5.54 Å². The van der Waals surface area contributed by atoms with Crippen molar-refractivity contribution in [3.63, 3.8) is 0 Å². The van der Waals surface area contributed by atoms with Crippen molar-refractivity contribution in [2.45, 2.75) is 90.4 Å². The van der Waals surface area contributed by atoms with Gasteiger partial charge >= 0.3 is 0 Å². The van der Waals surface area contributed by atoms with E-state index < -0.39 is 0 Å². The SMILES string of the molecule is CCNC1(CO)CCCC(OC2CC(C)CC(C)(C)C2)C1. The molecule has 124 valence electrons. The lowest BCUT2D eigenvalue weighted by atomic mass is 9.71. The van der Waals surface area contributed by atoms with Crippen LogP contribution in [-0.2, 0) is 4.74 Å². The molecule has 0 saturated heterocycles. The molecule has 2 aliphatic rings. The van der Waals surface area contributed by atoms with E-state index in [1.165, 1.54) is 19.3 Å². The van der Waals surface area contributed by atoms with Crippen molar-refractivity contribution in [1.29, 1.82) is 0 Å². The molecule has 2 fully saturated rings. The minimum absolute atomic E-state index is 0.104. The zero-order valence-corrected chi connectivity index (χ0v) is 14.5. The molecule has 2 N–H and O–H groups in total. The highest BCUT2D eigenvalue weighted by molar-refractivity contribution is 4.94. The molecule has 0 aliphatic heterocycles. The lowest BCUT2D eigenvalue weighted by Gasteiger charge is -2.44. The van der Waals surface area contributed by atoms with Crippen LogP contribution in [0.15, 0.2) is 0 Å². The second-order valence-electron chi connectivity index (χ2n) is 8.36. The summed E-state index contributed by atoms with van der Waals surface area (Å²) in [5.41, 5.74) is 0.306. The first-order valence-corrected chi connectivity index (χ1v) is 8.89. The molecule has 3 heteroatoms. The number of aliphatic hydroxyl groups is 1. The molecule has 3 nitrogen and oxygen atoms in total. The van der Waals surface area contributed by atoms with Crippen LogP contribution in [0.1, 0.15) is 72.6 Å². The third-order valence-corrected chi connectivity index (χ3v) is 5.39. The van der Waals surface area contributed by atoms with Gasteiger partial charge in [0.25, 0.3) is 0 Å². The molecule has 0 heterocycles. The van der Waals surface area contributed by atoms with Crippen LogP contribution in [0, 0.1) is 11.3 Å². The fourth-order valence-corrected chi connectivity index (χ4v) is 4.79. The van der Waals surface area contributed by atoms with Gasteiger partial charge in [0.15, 0.2) is 0 Å². The van der Waals surface area contributed by atoms with E-state index in [9.17, 15) is 5.11 Å². The fraction of sp³-hybridized carbons (Fsp3) is 1.00. The third-order valence-electron chi connectivity index (χ3n) is 5.39. The molecule has 0 amide bonds. The first-order chi connectivity index (χ1) is 9.88. The number of aliphatic hydroxyl groups excluding tert-OH is 1. The van der Waals surface area contributed by atoms with Crippen LogP contribution in [0.5, 0.6) is 0 Å². The van der Waals surface area contributed by atoms with Crippen LogP contribution in [0.2, 0.25) is 0 Å². The first kappa shape index (κ1) is 17.2. The molecule has 4 unspecified atom stereocenters. The number of hydrogen-bond acceptors (Lipinski definition) is 3. The molecule has 4 atom stereocenters. The summed E-state index contributed by atoms with van der Waals surface area (Å²) in [5.74, 6) is 0.763. The highest BCUT2D eigenvalue weighted by Crippen LogP contribution is 2.41. The van der Waals surface area contributed by atoms with Gasteiger partial charge in [-0.1, -0.05) is 27.7 Å². The zero-order chi connectivity index (χ0) is 15.5. The van der Waals surface area contributed by atoms with Crippen LogP contribution in [0.3, 0.4) is 0 Å². The van der Waals surface area contributed by atoms with E-state index in [1.54, 1.807) is 0 Å². The van der Waals surface area contributed by atoms with Crippen molar-refractivity contribution in [2.75, 3.05) is 13.2 Å². The van der Waals surface area contributed by atoms with Crippen molar-refractivity contribution in [3.8, 4) is 0 Å². The van der Waals surface area contributed by atoms with E-state index in [4.69, 9.17) is 4.74 Å². The Morgan fingerprint density at radius 1 is 1.19 bits per heavy atom. The van der Waals surface area contributed by atoms with Crippen LogP contribution in [-0.4, -0.2) is 36.0 Å². The summed E-state index contributed by atoms with van der Waals surface area (Å²) >= 11 is 0. The Morgan fingerprint density at radius 3 is 2.57 bits per heavy atom. The van der Waals surface area contributed by atoms with Gasteiger partial charge in [-0.2, -0.15) is 0 Å². The summed E-state index contributed by atoms with van der Waals surface area (Å²) in [7, 11) is 0. The summed E-state index contributed by atoms with van der Waals surface area (Å²) in [6.45, 7) is 10.4. The van der Waals surface area contributed by atoms with Crippen molar-refractivity contribution >= 4 is 0 Å². The summed E-state index contributed by atoms with van der Waals surface area (Å²) < 4.78 is 6.49. The Bertz CT molecular complexity index is 327. The Kier molecular flexibility index (Phi) is 5.72. The summed E-state index contributed by atoms with van der Waals surface area (Å²) in [6.07, 6.45) is 8.76. The predicted octanol–water partition coefficient (Wildman–Crippen LogP) is 3.50. The fourth-order valence-electron chi connectivity index (χ4n) is 4.79. The average Bonchev–Trinajstić information content (AvgIpc) is 2.37. The largest absolute Gasteiger partial charge is 0.394 e. The first-order valence-electron chi connectivity index (χ1n) is 8.89. The van der Waals surface area contributed by atoms with Crippen LogP contribution >= 0.6 is 0 Å². The topological polar surface area (TPSA) is 41.5 Å². The molecular formula is C18H35NO2. The molecule has 0 bridgehead atoms. The number of likely N-dealkylation sites (N-methyl/N-ethyl adjacent to an activating group) is 1. The Balaban J connectivity index is 1.93. The van der Waals surface area contributed by atoms with Gasteiger partial charge in [0.1, 0.15) is 0 Å². The standard InChI is InChI=1S/C18H35NO2/c1-5-19-18(13-20)8-6-7-15(12-18)21-16-9-14(2)10-17(3,4)11-16/h14-16,19-20H,5-13H2,1-4H3. The van der Waals surface area contributed by atoms with E-state index >= 15 is 0 Å². The maximum absolute atomic E-state index is 9.80. The molecule has 21 heavy (non-hydrogen) atoms.